The molecule has 0 bridgehead atoms. The van der Waals surface area contributed by atoms with Gasteiger partial charge in [-0.25, -0.2) is 22.7 Å². The summed E-state index contributed by atoms with van der Waals surface area (Å²) in [6.07, 6.45) is 1.60. The number of hydrogen-bond acceptors (Lipinski definition) is 4. The molecule has 0 saturated heterocycles. The van der Waals surface area contributed by atoms with Crippen molar-refractivity contribution in [2.45, 2.75) is 38.5 Å². The number of ether oxygens (including phenoxy) is 1. The average molecular weight is 317 g/mol. The van der Waals surface area contributed by atoms with Crippen LogP contribution in [0.4, 0.5) is 4.39 Å². The predicted molar refractivity (Wildman–Crippen MR) is 76.9 cm³/mol. The Kier molecular flexibility index (Phi) is 5.86. The van der Waals surface area contributed by atoms with Gasteiger partial charge in [0.25, 0.3) is 0 Å². The van der Waals surface area contributed by atoms with Crippen molar-refractivity contribution in [2.24, 2.45) is 11.1 Å². The topological polar surface area (TPSA) is 86.5 Å². The van der Waals surface area contributed by atoms with E-state index in [0.717, 1.165) is 18.6 Å². The van der Waals surface area contributed by atoms with E-state index >= 15 is 0 Å². The summed E-state index contributed by atoms with van der Waals surface area (Å²) < 4.78 is 41.4. The zero-order valence-electron chi connectivity index (χ0n) is 12.3. The van der Waals surface area contributed by atoms with Gasteiger partial charge in [0.05, 0.1) is 17.1 Å². The summed E-state index contributed by atoms with van der Waals surface area (Å²) in [5, 5.41) is 5.00. The molecule has 0 heterocycles. The van der Waals surface area contributed by atoms with Crippen LogP contribution in [0.15, 0.2) is 17.0 Å². The number of hydrogen-bond donors (Lipinski definition) is 1. The van der Waals surface area contributed by atoms with Gasteiger partial charge in [-0.2, -0.15) is 0 Å². The second kappa shape index (κ2) is 7.00. The van der Waals surface area contributed by atoms with Crippen LogP contribution < -0.4 is 5.14 Å². The van der Waals surface area contributed by atoms with Crippen LogP contribution >= 0.6 is 0 Å². The Morgan fingerprint density at radius 1 is 1.38 bits per heavy atom. The lowest BCUT2D eigenvalue weighted by Gasteiger charge is -2.09. The summed E-state index contributed by atoms with van der Waals surface area (Å²) >= 11 is 0. The van der Waals surface area contributed by atoms with Crippen molar-refractivity contribution in [1.29, 1.82) is 0 Å². The summed E-state index contributed by atoms with van der Waals surface area (Å²) in [4.78, 5) is 11.4. The summed E-state index contributed by atoms with van der Waals surface area (Å²) in [5.41, 5.74) is -0.277. The molecule has 0 unspecified atom stereocenters. The van der Waals surface area contributed by atoms with Gasteiger partial charge in [-0.15, -0.1) is 0 Å². The van der Waals surface area contributed by atoms with Crippen LogP contribution in [0.1, 0.15) is 42.6 Å². The minimum absolute atomic E-state index is 0.117. The number of sulfonamides is 1. The minimum Gasteiger partial charge on any atom is -0.462 e. The quantitative estimate of drug-likeness (QED) is 0.644. The average Bonchev–Trinajstić information content (AvgIpc) is 2.35. The van der Waals surface area contributed by atoms with Gasteiger partial charge in [-0.1, -0.05) is 13.8 Å². The molecule has 21 heavy (non-hydrogen) atoms. The van der Waals surface area contributed by atoms with Gasteiger partial charge in [0, 0.05) is 5.56 Å². The highest BCUT2D eigenvalue weighted by atomic mass is 32.2. The predicted octanol–water partition coefficient (Wildman–Crippen LogP) is 2.37. The van der Waals surface area contributed by atoms with Crippen LogP contribution in [0.25, 0.3) is 0 Å². The van der Waals surface area contributed by atoms with Crippen LogP contribution in [-0.2, 0) is 14.8 Å². The largest absolute Gasteiger partial charge is 0.462 e. The van der Waals surface area contributed by atoms with Crippen molar-refractivity contribution in [3.05, 3.63) is 29.1 Å². The van der Waals surface area contributed by atoms with E-state index in [9.17, 15) is 17.6 Å². The fourth-order valence-corrected chi connectivity index (χ4v) is 2.62. The zero-order chi connectivity index (χ0) is 16.2. The number of benzene rings is 1. The molecule has 1 rings (SSSR count). The molecule has 1 aromatic rings. The van der Waals surface area contributed by atoms with Crippen molar-refractivity contribution in [2.75, 3.05) is 6.61 Å². The van der Waals surface area contributed by atoms with E-state index in [1.807, 2.05) is 0 Å². The van der Waals surface area contributed by atoms with E-state index in [-0.39, 0.29) is 17.7 Å². The molecule has 0 radical (unpaired) electrons. The van der Waals surface area contributed by atoms with Gasteiger partial charge in [0.2, 0.25) is 10.0 Å². The highest BCUT2D eigenvalue weighted by Crippen LogP contribution is 2.20. The molecule has 0 saturated carbocycles. The SMILES string of the molecule is Cc1c(F)cc(C(=O)OCCCC(C)C)cc1S(N)(=O)=O. The van der Waals surface area contributed by atoms with Gasteiger partial charge in [0.15, 0.2) is 0 Å². The fraction of sp³-hybridized carbons (Fsp3) is 0.500. The summed E-state index contributed by atoms with van der Waals surface area (Å²) in [6.45, 7) is 5.59. The summed E-state index contributed by atoms with van der Waals surface area (Å²) in [7, 11) is -4.10. The Morgan fingerprint density at radius 3 is 2.52 bits per heavy atom. The molecule has 0 spiro atoms. The number of carbonyl (C=O) groups excluding carboxylic acids is 1. The summed E-state index contributed by atoms with van der Waals surface area (Å²) in [6, 6.07) is 1.99. The van der Waals surface area contributed by atoms with E-state index in [0.29, 0.717) is 12.3 Å². The second-order valence-electron chi connectivity index (χ2n) is 5.30. The van der Waals surface area contributed by atoms with Gasteiger partial charge in [0.1, 0.15) is 5.82 Å². The smallest absolute Gasteiger partial charge is 0.338 e. The number of esters is 1. The maximum atomic E-state index is 13.7. The van der Waals surface area contributed by atoms with E-state index in [1.54, 1.807) is 0 Å². The van der Waals surface area contributed by atoms with Crippen LogP contribution in [-0.4, -0.2) is 21.0 Å². The molecule has 118 valence electrons. The summed E-state index contributed by atoms with van der Waals surface area (Å²) in [5.74, 6) is -1.08. The Labute approximate surface area is 124 Å². The molecule has 0 aliphatic heterocycles. The standard InChI is InChI=1S/C14H20FNO4S/c1-9(2)5-4-6-20-14(17)11-7-12(15)10(3)13(8-11)21(16,18)19/h7-9H,4-6H2,1-3H3,(H2,16,18,19). The van der Waals surface area contributed by atoms with E-state index < -0.39 is 26.7 Å². The molecule has 5 nitrogen and oxygen atoms in total. The Bertz CT molecular complexity index is 626. The number of rotatable bonds is 6. The van der Waals surface area contributed by atoms with Gasteiger partial charge in [-0.3, -0.25) is 0 Å². The molecular formula is C14H20FNO4S. The maximum Gasteiger partial charge on any atom is 0.338 e. The molecule has 0 aromatic heterocycles. The third-order valence-electron chi connectivity index (χ3n) is 3.00. The molecule has 0 amide bonds. The molecule has 0 aliphatic carbocycles. The molecule has 0 atom stereocenters. The third kappa shape index (κ3) is 5.09. The maximum absolute atomic E-state index is 13.7. The monoisotopic (exact) mass is 317 g/mol. The van der Waals surface area contributed by atoms with Crippen molar-refractivity contribution in [3.63, 3.8) is 0 Å². The Balaban J connectivity index is 2.89. The fourth-order valence-electron chi connectivity index (χ4n) is 1.81. The lowest BCUT2D eigenvalue weighted by atomic mass is 10.1. The molecule has 0 fully saturated rings. The molecule has 0 aliphatic rings. The lowest BCUT2D eigenvalue weighted by molar-refractivity contribution is 0.0494. The Hall–Kier alpha value is -1.47. The molecule has 1 aromatic carbocycles. The molecular weight excluding hydrogens is 297 g/mol. The third-order valence-corrected chi connectivity index (χ3v) is 4.03. The van der Waals surface area contributed by atoms with Gasteiger partial charge < -0.3 is 4.74 Å². The highest BCUT2D eigenvalue weighted by Gasteiger charge is 2.19. The van der Waals surface area contributed by atoms with Crippen molar-refractivity contribution in [1.82, 2.24) is 0 Å². The minimum atomic E-state index is -4.10. The first-order valence-corrected chi connectivity index (χ1v) is 8.17. The van der Waals surface area contributed by atoms with Crippen LogP contribution in [0.5, 0.6) is 0 Å². The number of primary sulfonamides is 1. The molecule has 2 N–H and O–H groups in total. The first-order valence-electron chi connectivity index (χ1n) is 6.63. The first kappa shape index (κ1) is 17.6. The first-order chi connectivity index (χ1) is 9.62. The van der Waals surface area contributed by atoms with Crippen molar-refractivity contribution < 1.29 is 22.3 Å². The second-order valence-corrected chi connectivity index (χ2v) is 6.83. The normalized spacial score (nSPS) is 11.7. The zero-order valence-corrected chi connectivity index (χ0v) is 13.2. The van der Waals surface area contributed by atoms with Gasteiger partial charge >= 0.3 is 5.97 Å². The van der Waals surface area contributed by atoms with E-state index in [4.69, 9.17) is 9.88 Å². The highest BCUT2D eigenvalue weighted by molar-refractivity contribution is 7.89. The van der Waals surface area contributed by atoms with Crippen LogP contribution in [0.3, 0.4) is 0 Å². The van der Waals surface area contributed by atoms with E-state index in [2.05, 4.69) is 13.8 Å². The number of nitrogens with two attached hydrogens (primary N) is 1. The van der Waals surface area contributed by atoms with E-state index in [1.165, 1.54) is 6.92 Å². The van der Waals surface area contributed by atoms with Crippen LogP contribution in [0.2, 0.25) is 0 Å². The number of halogens is 1. The van der Waals surface area contributed by atoms with Crippen LogP contribution in [0, 0.1) is 18.7 Å². The molecule has 7 heteroatoms. The Morgan fingerprint density at radius 2 is 2.00 bits per heavy atom. The number of carbonyl (C=O) groups is 1. The lowest BCUT2D eigenvalue weighted by Crippen LogP contribution is -2.16. The van der Waals surface area contributed by atoms with Crippen molar-refractivity contribution in [3.8, 4) is 0 Å². The van der Waals surface area contributed by atoms with Crippen molar-refractivity contribution >= 4 is 16.0 Å². The van der Waals surface area contributed by atoms with Gasteiger partial charge in [-0.05, 0) is 37.8 Å².